The summed E-state index contributed by atoms with van der Waals surface area (Å²) in [6.07, 6.45) is 0. The molecule has 0 aliphatic carbocycles. The lowest BCUT2D eigenvalue weighted by Crippen LogP contribution is -2.27. The normalized spacial score (nSPS) is 12.0. The molecule has 0 radical (unpaired) electrons. The Morgan fingerprint density at radius 1 is 1.22 bits per heavy atom. The number of nitrogens with zero attached hydrogens (tertiary/aromatic N) is 2. The number of para-hydroxylation sites is 1. The van der Waals surface area contributed by atoms with Crippen molar-refractivity contribution in [3.05, 3.63) is 51.4 Å². The lowest BCUT2D eigenvalue weighted by atomic mass is 10.2. The van der Waals surface area contributed by atoms with Crippen molar-refractivity contribution in [3.63, 3.8) is 0 Å². The number of aromatic nitrogens is 1. The van der Waals surface area contributed by atoms with Gasteiger partial charge in [0.1, 0.15) is 10.8 Å². The molecule has 0 fully saturated rings. The Labute approximate surface area is 171 Å². The lowest BCUT2D eigenvalue weighted by Gasteiger charge is -2.09. The fraction of sp³-hybridized carbons (Fsp3) is 0.278. The second kappa shape index (κ2) is 7.75. The summed E-state index contributed by atoms with van der Waals surface area (Å²) in [7, 11) is -0.444. The van der Waals surface area contributed by atoms with Gasteiger partial charge in [0.25, 0.3) is 10.0 Å². The van der Waals surface area contributed by atoms with Gasteiger partial charge in [-0.3, -0.25) is 4.79 Å². The average Bonchev–Trinajstić information content (AvgIpc) is 3.20. The summed E-state index contributed by atoms with van der Waals surface area (Å²) < 4.78 is 28.7. The van der Waals surface area contributed by atoms with Crippen LogP contribution in [0, 0.1) is 6.92 Å². The molecular formula is C18H20BrN3O3S2. The molecule has 0 aliphatic heterocycles. The van der Waals surface area contributed by atoms with E-state index in [-0.39, 0.29) is 16.7 Å². The quantitative estimate of drug-likeness (QED) is 0.601. The van der Waals surface area contributed by atoms with Crippen molar-refractivity contribution in [3.8, 4) is 0 Å². The van der Waals surface area contributed by atoms with Gasteiger partial charge in [0.15, 0.2) is 0 Å². The van der Waals surface area contributed by atoms with Gasteiger partial charge >= 0.3 is 0 Å². The summed E-state index contributed by atoms with van der Waals surface area (Å²) in [5.74, 6) is -0.128. The highest BCUT2D eigenvalue weighted by Crippen LogP contribution is 2.30. The standard InChI is InChI=1S/C18H20BrN3O3S2/c1-12-18(19)14-6-4-5-7-15(14)22(12)11-16(23)20-10-13-8-9-17(26-13)27(24,25)21(2)3/h4-9H,10-11H2,1-3H3,(H,20,23). The van der Waals surface area contributed by atoms with E-state index in [1.807, 2.05) is 35.8 Å². The number of sulfonamides is 1. The van der Waals surface area contributed by atoms with Crippen LogP contribution < -0.4 is 5.32 Å². The average molecular weight is 470 g/mol. The van der Waals surface area contributed by atoms with Gasteiger partial charge in [0.2, 0.25) is 5.91 Å². The minimum Gasteiger partial charge on any atom is -0.350 e. The maximum Gasteiger partial charge on any atom is 0.252 e. The molecule has 1 aromatic carbocycles. The number of halogens is 1. The van der Waals surface area contributed by atoms with Crippen molar-refractivity contribution in [1.82, 2.24) is 14.2 Å². The van der Waals surface area contributed by atoms with Gasteiger partial charge in [-0.1, -0.05) is 18.2 Å². The summed E-state index contributed by atoms with van der Waals surface area (Å²) >= 11 is 4.76. The number of thiophene rings is 1. The van der Waals surface area contributed by atoms with Crippen LogP contribution in [0.5, 0.6) is 0 Å². The summed E-state index contributed by atoms with van der Waals surface area (Å²) in [6, 6.07) is 11.2. The summed E-state index contributed by atoms with van der Waals surface area (Å²) in [4.78, 5) is 13.2. The Bertz CT molecular complexity index is 1100. The Morgan fingerprint density at radius 3 is 2.63 bits per heavy atom. The first-order chi connectivity index (χ1) is 12.7. The molecular weight excluding hydrogens is 450 g/mol. The number of amides is 1. The molecule has 3 aromatic rings. The van der Waals surface area contributed by atoms with Crippen LogP contribution in [0.3, 0.4) is 0 Å². The zero-order valence-electron chi connectivity index (χ0n) is 15.2. The molecule has 0 unspecified atom stereocenters. The number of carbonyl (C=O) groups is 1. The molecule has 0 atom stereocenters. The largest absolute Gasteiger partial charge is 0.350 e. The van der Waals surface area contributed by atoms with E-state index < -0.39 is 10.0 Å². The molecule has 3 rings (SSSR count). The molecule has 27 heavy (non-hydrogen) atoms. The van der Waals surface area contributed by atoms with Crippen LogP contribution in [0.15, 0.2) is 45.1 Å². The predicted octanol–water partition coefficient (Wildman–Crippen LogP) is 3.34. The number of hydrogen-bond donors (Lipinski definition) is 1. The fourth-order valence-electron chi connectivity index (χ4n) is 2.75. The molecule has 2 aromatic heterocycles. The van der Waals surface area contributed by atoms with Crippen LogP contribution in [0.2, 0.25) is 0 Å². The topological polar surface area (TPSA) is 71.4 Å². The van der Waals surface area contributed by atoms with Crippen LogP contribution in [0.4, 0.5) is 0 Å². The first kappa shape index (κ1) is 20.1. The minimum absolute atomic E-state index is 0.128. The first-order valence-corrected chi connectivity index (χ1v) is 11.3. The molecule has 0 saturated heterocycles. The maximum atomic E-state index is 12.4. The number of rotatable bonds is 6. The van der Waals surface area contributed by atoms with Gasteiger partial charge < -0.3 is 9.88 Å². The van der Waals surface area contributed by atoms with Crippen molar-refractivity contribution >= 4 is 54.1 Å². The zero-order chi connectivity index (χ0) is 19.8. The van der Waals surface area contributed by atoms with E-state index in [1.54, 1.807) is 12.1 Å². The molecule has 1 amide bonds. The van der Waals surface area contributed by atoms with Gasteiger partial charge in [-0.05, 0) is 41.1 Å². The summed E-state index contributed by atoms with van der Waals surface area (Å²) in [5, 5.41) is 3.94. The van der Waals surface area contributed by atoms with E-state index in [0.29, 0.717) is 6.54 Å². The van der Waals surface area contributed by atoms with Crippen molar-refractivity contribution in [2.24, 2.45) is 0 Å². The van der Waals surface area contributed by atoms with Crippen molar-refractivity contribution in [1.29, 1.82) is 0 Å². The third-order valence-electron chi connectivity index (χ3n) is 4.29. The van der Waals surface area contributed by atoms with Gasteiger partial charge in [-0.2, -0.15) is 0 Å². The predicted molar refractivity (Wildman–Crippen MR) is 111 cm³/mol. The highest BCUT2D eigenvalue weighted by atomic mass is 79.9. The van der Waals surface area contributed by atoms with E-state index in [2.05, 4.69) is 21.2 Å². The molecule has 0 aliphatic rings. The first-order valence-electron chi connectivity index (χ1n) is 8.23. The second-order valence-corrected chi connectivity index (χ2v) is 10.6. The number of nitrogens with one attached hydrogen (secondary N) is 1. The summed E-state index contributed by atoms with van der Waals surface area (Å²) in [5.41, 5.74) is 1.98. The van der Waals surface area contributed by atoms with Crippen molar-refractivity contribution in [2.75, 3.05) is 14.1 Å². The van der Waals surface area contributed by atoms with Crippen LogP contribution in [0.1, 0.15) is 10.6 Å². The Morgan fingerprint density at radius 2 is 1.93 bits per heavy atom. The molecule has 0 saturated carbocycles. The van der Waals surface area contributed by atoms with Gasteiger partial charge in [0.05, 0.1) is 6.54 Å². The fourth-order valence-corrected chi connectivity index (χ4v) is 5.76. The van der Waals surface area contributed by atoms with E-state index >= 15 is 0 Å². The monoisotopic (exact) mass is 469 g/mol. The van der Waals surface area contributed by atoms with Crippen LogP contribution >= 0.6 is 27.3 Å². The van der Waals surface area contributed by atoms with Crippen LogP contribution in [-0.4, -0.2) is 37.3 Å². The smallest absolute Gasteiger partial charge is 0.252 e. The molecule has 2 heterocycles. The number of carbonyl (C=O) groups excluding carboxylic acids is 1. The third kappa shape index (κ3) is 3.96. The van der Waals surface area contributed by atoms with E-state index in [9.17, 15) is 13.2 Å². The van der Waals surface area contributed by atoms with Gasteiger partial charge in [0, 0.05) is 40.0 Å². The maximum absolute atomic E-state index is 12.4. The highest BCUT2D eigenvalue weighted by Gasteiger charge is 2.20. The molecule has 6 nitrogen and oxygen atoms in total. The molecule has 1 N–H and O–H groups in total. The minimum atomic E-state index is -3.44. The van der Waals surface area contributed by atoms with Gasteiger partial charge in [-0.15, -0.1) is 11.3 Å². The number of fused-ring (bicyclic) bond motifs is 1. The Kier molecular flexibility index (Phi) is 5.76. The second-order valence-electron chi connectivity index (χ2n) is 6.29. The Balaban J connectivity index is 1.70. The van der Waals surface area contributed by atoms with Crippen LogP contribution in [0.25, 0.3) is 10.9 Å². The van der Waals surface area contributed by atoms with Crippen molar-refractivity contribution < 1.29 is 13.2 Å². The van der Waals surface area contributed by atoms with Crippen molar-refractivity contribution in [2.45, 2.75) is 24.2 Å². The lowest BCUT2D eigenvalue weighted by molar-refractivity contribution is -0.121. The van der Waals surface area contributed by atoms with Gasteiger partial charge in [-0.25, -0.2) is 12.7 Å². The number of hydrogen-bond acceptors (Lipinski definition) is 4. The zero-order valence-corrected chi connectivity index (χ0v) is 18.4. The molecule has 0 bridgehead atoms. The Hall–Kier alpha value is -1.68. The highest BCUT2D eigenvalue weighted by molar-refractivity contribution is 9.10. The molecule has 0 spiro atoms. The molecule has 9 heteroatoms. The SMILES string of the molecule is Cc1c(Br)c2ccccc2n1CC(=O)NCc1ccc(S(=O)(=O)N(C)C)s1. The number of benzene rings is 1. The summed E-state index contributed by atoms with van der Waals surface area (Å²) in [6.45, 7) is 2.47. The van der Waals surface area contributed by atoms with E-state index in [4.69, 9.17) is 0 Å². The van der Waals surface area contributed by atoms with E-state index in [0.717, 1.165) is 25.9 Å². The van der Waals surface area contributed by atoms with E-state index in [1.165, 1.54) is 29.7 Å². The van der Waals surface area contributed by atoms with Crippen LogP contribution in [-0.2, 0) is 27.9 Å². The third-order valence-corrected chi connectivity index (χ3v) is 8.66. The molecule has 144 valence electrons.